The zero-order valence-electron chi connectivity index (χ0n) is 16.1. The SMILES string of the molecule is CC(C)C1CCN(c2ccc(B3OC(C)(C)C(C)(C)O3)cc2)CC1. The van der Waals surface area contributed by atoms with Crippen molar-refractivity contribution in [3.63, 3.8) is 0 Å². The third-order valence-corrected chi connectivity index (χ3v) is 6.27. The molecule has 0 bridgehead atoms. The van der Waals surface area contributed by atoms with Crippen LogP contribution >= 0.6 is 0 Å². The third-order valence-electron chi connectivity index (χ3n) is 6.27. The van der Waals surface area contributed by atoms with E-state index < -0.39 is 0 Å². The summed E-state index contributed by atoms with van der Waals surface area (Å²) < 4.78 is 12.3. The zero-order valence-corrected chi connectivity index (χ0v) is 16.1. The molecule has 2 heterocycles. The number of piperidine rings is 1. The lowest BCUT2D eigenvalue weighted by Gasteiger charge is -2.35. The minimum Gasteiger partial charge on any atom is -0.399 e. The largest absolute Gasteiger partial charge is 0.494 e. The van der Waals surface area contributed by atoms with Crippen LogP contribution in [-0.2, 0) is 9.31 Å². The summed E-state index contributed by atoms with van der Waals surface area (Å²) in [6.07, 6.45) is 2.60. The average Bonchev–Trinajstić information content (AvgIpc) is 2.76. The third kappa shape index (κ3) is 3.36. The van der Waals surface area contributed by atoms with Gasteiger partial charge in [0, 0.05) is 18.8 Å². The maximum absolute atomic E-state index is 6.14. The molecule has 0 atom stereocenters. The Labute approximate surface area is 147 Å². The molecular formula is C20H32BNO2. The van der Waals surface area contributed by atoms with Gasteiger partial charge < -0.3 is 14.2 Å². The molecular weight excluding hydrogens is 297 g/mol. The fraction of sp³-hybridized carbons (Fsp3) is 0.700. The van der Waals surface area contributed by atoms with Crippen molar-refractivity contribution in [3.8, 4) is 0 Å². The second-order valence-corrected chi connectivity index (χ2v) is 8.75. The van der Waals surface area contributed by atoms with Crippen molar-refractivity contribution in [1.29, 1.82) is 0 Å². The van der Waals surface area contributed by atoms with E-state index in [1.807, 2.05) is 0 Å². The van der Waals surface area contributed by atoms with Crippen molar-refractivity contribution >= 4 is 18.3 Å². The molecule has 2 aliphatic heterocycles. The molecule has 2 fully saturated rings. The molecule has 0 saturated carbocycles. The van der Waals surface area contributed by atoms with Crippen molar-refractivity contribution in [3.05, 3.63) is 24.3 Å². The summed E-state index contributed by atoms with van der Waals surface area (Å²) in [5.74, 6) is 1.68. The zero-order chi connectivity index (χ0) is 17.5. The minimum atomic E-state index is -0.283. The topological polar surface area (TPSA) is 21.7 Å². The lowest BCUT2D eigenvalue weighted by molar-refractivity contribution is 0.00578. The van der Waals surface area contributed by atoms with Gasteiger partial charge in [0.05, 0.1) is 11.2 Å². The van der Waals surface area contributed by atoms with Crippen molar-refractivity contribution in [1.82, 2.24) is 0 Å². The van der Waals surface area contributed by atoms with Gasteiger partial charge in [-0.1, -0.05) is 26.0 Å². The number of nitrogens with zero attached hydrogens (tertiary/aromatic N) is 1. The maximum atomic E-state index is 6.14. The van der Waals surface area contributed by atoms with Crippen molar-refractivity contribution in [2.24, 2.45) is 11.8 Å². The van der Waals surface area contributed by atoms with Gasteiger partial charge in [-0.3, -0.25) is 0 Å². The van der Waals surface area contributed by atoms with Crippen LogP contribution in [-0.4, -0.2) is 31.4 Å². The molecule has 3 rings (SSSR count). The predicted octanol–water partition coefficient (Wildman–Crippen LogP) is 3.86. The molecule has 2 saturated heterocycles. The van der Waals surface area contributed by atoms with E-state index in [0.717, 1.165) is 17.3 Å². The van der Waals surface area contributed by atoms with Crippen molar-refractivity contribution < 1.29 is 9.31 Å². The van der Waals surface area contributed by atoms with E-state index in [1.54, 1.807) is 0 Å². The Morgan fingerprint density at radius 1 is 0.958 bits per heavy atom. The van der Waals surface area contributed by atoms with Gasteiger partial charge in [-0.25, -0.2) is 0 Å². The maximum Gasteiger partial charge on any atom is 0.494 e. The van der Waals surface area contributed by atoms with Gasteiger partial charge in [0.15, 0.2) is 0 Å². The van der Waals surface area contributed by atoms with E-state index in [2.05, 4.69) is 70.7 Å². The van der Waals surface area contributed by atoms with Gasteiger partial charge in [-0.15, -0.1) is 0 Å². The minimum absolute atomic E-state index is 0.268. The second kappa shape index (κ2) is 6.38. The van der Waals surface area contributed by atoms with Crippen LogP contribution in [0.2, 0.25) is 0 Å². The summed E-state index contributed by atoms with van der Waals surface area (Å²) in [4.78, 5) is 2.51. The molecule has 0 aromatic heterocycles. The number of anilines is 1. The van der Waals surface area contributed by atoms with Crippen LogP contribution in [0, 0.1) is 11.8 Å². The van der Waals surface area contributed by atoms with Gasteiger partial charge in [-0.05, 0) is 70.0 Å². The lowest BCUT2D eigenvalue weighted by Crippen LogP contribution is -2.41. The predicted molar refractivity (Wildman–Crippen MR) is 102 cm³/mol. The van der Waals surface area contributed by atoms with Gasteiger partial charge >= 0.3 is 7.12 Å². The summed E-state index contributed by atoms with van der Waals surface area (Å²) in [5, 5.41) is 0. The van der Waals surface area contributed by atoms with Crippen LogP contribution in [0.1, 0.15) is 54.4 Å². The number of hydrogen-bond acceptors (Lipinski definition) is 3. The van der Waals surface area contributed by atoms with E-state index in [0.29, 0.717) is 0 Å². The van der Waals surface area contributed by atoms with Crippen LogP contribution in [0.25, 0.3) is 0 Å². The molecule has 132 valence electrons. The van der Waals surface area contributed by atoms with Crippen LogP contribution in [0.3, 0.4) is 0 Å². The number of hydrogen-bond donors (Lipinski definition) is 0. The summed E-state index contributed by atoms with van der Waals surface area (Å²) in [7, 11) is -0.268. The fourth-order valence-corrected chi connectivity index (χ4v) is 3.65. The van der Waals surface area contributed by atoms with Crippen LogP contribution in [0.15, 0.2) is 24.3 Å². The van der Waals surface area contributed by atoms with E-state index in [4.69, 9.17) is 9.31 Å². The quantitative estimate of drug-likeness (QED) is 0.786. The molecule has 0 amide bonds. The first-order chi connectivity index (χ1) is 11.2. The second-order valence-electron chi connectivity index (χ2n) is 8.75. The highest BCUT2D eigenvalue weighted by Crippen LogP contribution is 2.36. The average molecular weight is 329 g/mol. The Morgan fingerprint density at radius 3 is 1.92 bits per heavy atom. The summed E-state index contributed by atoms with van der Waals surface area (Å²) in [5.41, 5.74) is 1.86. The first-order valence-corrected chi connectivity index (χ1v) is 9.40. The number of rotatable bonds is 3. The Hall–Kier alpha value is -0.995. The number of benzene rings is 1. The molecule has 3 nitrogen and oxygen atoms in total. The standard InChI is InChI=1S/C20H32BNO2/c1-15(2)16-11-13-22(14-12-16)18-9-7-17(8-10-18)21-23-19(3,4)20(5,6)24-21/h7-10,15-16H,11-14H2,1-6H3. The summed E-state index contributed by atoms with van der Waals surface area (Å²) in [6.45, 7) is 15.4. The molecule has 0 spiro atoms. The molecule has 0 N–H and O–H groups in total. The highest BCUT2D eigenvalue weighted by atomic mass is 16.7. The smallest absolute Gasteiger partial charge is 0.399 e. The van der Waals surface area contributed by atoms with Gasteiger partial charge in [0.25, 0.3) is 0 Å². The summed E-state index contributed by atoms with van der Waals surface area (Å²) in [6, 6.07) is 8.75. The molecule has 0 aliphatic carbocycles. The normalized spacial score (nSPS) is 24.0. The van der Waals surface area contributed by atoms with Gasteiger partial charge in [-0.2, -0.15) is 0 Å². The Morgan fingerprint density at radius 2 is 1.46 bits per heavy atom. The molecule has 1 aromatic rings. The van der Waals surface area contributed by atoms with E-state index in [-0.39, 0.29) is 18.3 Å². The molecule has 2 aliphatic rings. The first kappa shape index (κ1) is 17.8. The van der Waals surface area contributed by atoms with Crippen LogP contribution in [0.4, 0.5) is 5.69 Å². The van der Waals surface area contributed by atoms with Gasteiger partial charge in [0.1, 0.15) is 0 Å². The van der Waals surface area contributed by atoms with Crippen LogP contribution in [0.5, 0.6) is 0 Å². The molecule has 1 aromatic carbocycles. The Kier molecular flexibility index (Phi) is 4.74. The monoisotopic (exact) mass is 329 g/mol. The lowest BCUT2D eigenvalue weighted by atomic mass is 9.79. The van der Waals surface area contributed by atoms with E-state index in [1.165, 1.54) is 31.6 Å². The first-order valence-electron chi connectivity index (χ1n) is 9.40. The Balaban J connectivity index is 1.65. The highest BCUT2D eigenvalue weighted by molar-refractivity contribution is 6.62. The van der Waals surface area contributed by atoms with Crippen molar-refractivity contribution in [2.45, 2.75) is 65.6 Å². The fourth-order valence-electron chi connectivity index (χ4n) is 3.65. The Bertz CT molecular complexity index is 544. The van der Waals surface area contributed by atoms with Gasteiger partial charge in [0.2, 0.25) is 0 Å². The molecule has 24 heavy (non-hydrogen) atoms. The van der Waals surface area contributed by atoms with E-state index in [9.17, 15) is 0 Å². The van der Waals surface area contributed by atoms with E-state index >= 15 is 0 Å². The molecule has 4 heteroatoms. The molecule has 0 radical (unpaired) electrons. The molecule has 0 unspecified atom stereocenters. The van der Waals surface area contributed by atoms with Crippen molar-refractivity contribution in [2.75, 3.05) is 18.0 Å². The summed E-state index contributed by atoms with van der Waals surface area (Å²) >= 11 is 0. The highest BCUT2D eigenvalue weighted by Gasteiger charge is 2.51. The van der Waals surface area contributed by atoms with Crippen LogP contribution < -0.4 is 10.4 Å².